The molecule has 0 radical (unpaired) electrons. The van der Waals surface area contributed by atoms with Gasteiger partial charge < -0.3 is 4.90 Å². The zero-order chi connectivity index (χ0) is 11.9. The van der Waals surface area contributed by atoms with Crippen LogP contribution in [0.3, 0.4) is 0 Å². The summed E-state index contributed by atoms with van der Waals surface area (Å²) in [5.41, 5.74) is 1.99. The molecule has 1 aliphatic rings. The highest BCUT2D eigenvalue weighted by Crippen LogP contribution is 2.41. The highest BCUT2D eigenvalue weighted by molar-refractivity contribution is 6.07. The summed E-state index contributed by atoms with van der Waals surface area (Å²) in [4.78, 5) is 13.9. The Hall–Kier alpha value is -1.82. The molecule has 0 aliphatic carbocycles. The summed E-state index contributed by atoms with van der Waals surface area (Å²) in [6, 6.07) is 7.56. The van der Waals surface area contributed by atoms with Crippen LogP contribution in [-0.2, 0) is 10.2 Å². The first kappa shape index (κ1) is 10.7. The van der Waals surface area contributed by atoms with Gasteiger partial charge in [0, 0.05) is 12.2 Å². The molecule has 0 atom stereocenters. The number of benzene rings is 1. The molecule has 0 saturated heterocycles. The molecular formula is C13H14N2O. The van der Waals surface area contributed by atoms with Gasteiger partial charge in [-0.1, -0.05) is 0 Å². The van der Waals surface area contributed by atoms with E-state index in [1.54, 1.807) is 11.0 Å². The Kier molecular flexibility index (Phi) is 2.23. The van der Waals surface area contributed by atoms with E-state index in [0.717, 1.165) is 11.3 Å². The third kappa shape index (κ3) is 1.23. The molecule has 1 heterocycles. The zero-order valence-electron chi connectivity index (χ0n) is 9.74. The predicted molar refractivity (Wildman–Crippen MR) is 62.2 cm³/mol. The van der Waals surface area contributed by atoms with Gasteiger partial charge in [-0.2, -0.15) is 5.26 Å². The van der Waals surface area contributed by atoms with Crippen molar-refractivity contribution in [2.75, 3.05) is 11.4 Å². The Bertz CT molecular complexity index is 497. The van der Waals surface area contributed by atoms with Gasteiger partial charge in [-0.25, -0.2) is 0 Å². The second kappa shape index (κ2) is 3.34. The number of rotatable bonds is 1. The summed E-state index contributed by atoms with van der Waals surface area (Å²) in [6.45, 7) is 6.44. The molecule has 3 heteroatoms. The van der Waals surface area contributed by atoms with Crippen LogP contribution in [0.15, 0.2) is 18.2 Å². The van der Waals surface area contributed by atoms with Gasteiger partial charge in [-0.3, -0.25) is 4.79 Å². The summed E-state index contributed by atoms with van der Waals surface area (Å²) in [5.74, 6) is 0.111. The lowest BCUT2D eigenvalue weighted by atomic mass is 9.85. The van der Waals surface area contributed by atoms with Crippen molar-refractivity contribution in [3.05, 3.63) is 29.3 Å². The lowest BCUT2D eigenvalue weighted by Gasteiger charge is -2.18. The first-order valence-electron chi connectivity index (χ1n) is 5.39. The average molecular weight is 214 g/mol. The van der Waals surface area contributed by atoms with E-state index in [2.05, 4.69) is 6.07 Å². The average Bonchev–Trinajstić information content (AvgIpc) is 2.47. The molecule has 3 nitrogen and oxygen atoms in total. The minimum Gasteiger partial charge on any atom is -0.312 e. The molecule has 2 rings (SSSR count). The molecule has 0 fully saturated rings. The second-order valence-electron chi connectivity index (χ2n) is 4.52. The van der Waals surface area contributed by atoms with Crippen molar-refractivity contribution >= 4 is 11.6 Å². The summed E-state index contributed by atoms with van der Waals surface area (Å²) in [5, 5.41) is 8.88. The van der Waals surface area contributed by atoms with Crippen LogP contribution in [0.2, 0.25) is 0 Å². The van der Waals surface area contributed by atoms with Crippen molar-refractivity contribution in [2.24, 2.45) is 0 Å². The molecule has 0 saturated carbocycles. The summed E-state index contributed by atoms with van der Waals surface area (Å²) >= 11 is 0. The first-order valence-corrected chi connectivity index (χ1v) is 5.39. The molecule has 1 aromatic carbocycles. The van der Waals surface area contributed by atoms with E-state index >= 15 is 0 Å². The van der Waals surface area contributed by atoms with Crippen molar-refractivity contribution in [3.63, 3.8) is 0 Å². The van der Waals surface area contributed by atoms with Crippen LogP contribution in [0.25, 0.3) is 0 Å². The van der Waals surface area contributed by atoms with Gasteiger partial charge in [0.25, 0.3) is 0 Å². The Morgan fingerprint density at radius 1 is 1.44 bits per heavy atom. The molecule has 0 bridgehead atoms. The molecule has 0 N–H and O–H groups in total. The van der Waals surface area contributed by atoms with E-state index in [0.29, 0.717) is 12.1 Å². The van der Waals surface area contributed by atoms with Crippen LogP contribution in [0.1, 0.15) is 31.9 Å². The van der Waals surface area contributed by atoms with Crippen LogP contribution < -0.4 is 4.90 Å². The number of carbonyl (C=O) groups excluding carboxylic acids is 1. The van der Waals surface area contributed by atoms with E-state index in [9.17, 15) is 4.79 Å². The van der Waals surface area contributed by atoms with Crippen molar-refractivity contribution in [1.82, 2.24) is 0 Å². The van der Waals surface area contributed by atoms with Crippen LogP contribution in [-0.4, -0.2) is 12.5 Å². The lowest BCUT2D eigenvalue weighted by Crippen LogP contribution is -2.35. The van der Waals surface area contributed by atoms with Crippen molar-refractivity contribution in [1.29, 1.82) is 5.26 Å². The van der Waals surface area contributed by atoms with Gasteiger partial charge in [-0.15, -0.1) is 0 Å². The quantitative estimate of drug-likeness (QED) is 0.719. The van der Waals surface area contributed by atoms with Crippen molar-refractivity contribution < 1.29 is 4.79 Å². The summed E-state index contributed by atoms with van der Waals surface area (Å²) < 4.78 is 0. The molecule has 1 aromatic rings. The number of nitrogens with zero attached hydrogens (tertiary/aromatic N) is 2. The molecule has 0 aromatic heterocycles. The van der Waals surface area contributed by atoms with Gasteiger partial charge in [-0.05, 0) is 44.5 Å². The molecule has 0 spiro atoms. The Morgan fingerprint density at radius 2 is 2.12 bits per heavy atom. The molecule has 82 valence electrons. The number of anilines is 1. The SMILES string of the molecule is CCN1C(=O)C(C)(C)c2cc(C#N)ccc21. The zero-order valence-corrected chi connectivity index (χ0v) is 9.74. The summed E-state index contributed by atoms with van der Waals surface area (Å²) in [6.07, 6.45) is 0. The van der Waals surface area contributed by atoms with Crippen LogP contribution >= 0.6 is 0 Å². The van der Waals surface area contributed by atoms with Crippen molar-refractivity contribution in [2.45, 2.75) is 26.2 Å². The van der Waals surface area contributed by atoms with Gasteiger partial charge in [0.05, 0.1) is 17.0 Å². The lowest BCUT2D eigenvalue weighted by molar-refractivity contribution is -0.122. The minimum absolute atomic E-state index is 0.111. The minimum atomic E-state index is -0.516. The molecule has 1 amide bonds. The fourth-order valence-corrected chi connectivity index (χ4v) is 2.22. The van der Waals surface area contributed by atoms with E-state index in [1.807, 2.05) is 32.9 Å². The molecule has 16 heavy (non-hydrogen) atoms. The number of amides is 1. The smallest absolute Gasteiger partial charge is 0.237 e. The number of likely N-dealkylation sites (N-methyl/N-ethyl adjacent to an activating group) is 1. The van der Waals surface area contributed by atoms with Gasteiger partial charge in [0.2, 0.25) is 5.91 Å². The van der Waals surface area contributed by atoms with Gasteiger partial charge in [0.15, 0.2) is 0 Å². The maximum Gasteiger partial charge on any atom is 0.237 e. The number of nitriles is 1. The fraction of sp³-hybridized carbons (Fsp3) is 0.385. The Labute approximate surface area is 95.3 Å². The summed E-state index contributed by atoms with van der Waals surface area (Å²) in [7, 11) is 0. The first-order chi connectivity index (χ1) is 7.52. The number of carbonyl (C=O) groups is 1. The van der Waals surface area contributed by atoms with E-state index in [-0.39, 0.29) is 5.91 Å². The maximum atomic E-state index is 12.2. The predicted octanol–water partition coefficient (Wildman–Crippen LogP) is 2.20. The largest absolute Gasteiger partial charge is 0.312 e. The van der Waals surface area contributed by atoms with Crippen LogP contribution in [0, 0.1) is 11.3 Å². The maximum absolute atomic E-state index is 12.2. The van der Waals surface area contributed by atoms with Crippen molar-refractivity contribution in [3.8, 4) is 6.07 Å². The second-order valence-corrected chi connectivity index (χ2v) is 4.52. The molecule has 0 unspecified atom stereocenters. The molecular weight excluding hydrogens is 200 g/mol. The van der Waals surface area contributed by atoms with E-state index in [1.165, 1.54) is 0 Å². The van der Waals surface area contributed by atoms with Gasteiger partial charge in [0.1, 0.15) is 0 Å². The Balaban J connectivity index is 2.66. The molecule has 1 aliphatic heterocycles. The highest BCUT2D eigenvalue weighted by Gasteiger charge is 2.43. The van der Waals surface area contributed by atoms with Crippen LogP contribution in [0.5, 0.6) is 0 Å². The van der Waals surface area contributed by atoms with Gasteiger partial charge >= 0.3 is 0 Å². The third-order valence-electron chi connectivity index (χ3n) is 3.19. The van der Waals surface area contributed by atoms with Crippen LogP contribution in [0.4, 0.5) is 5.69 Å². The Morgan fingerprint density at radius 3 is 2.69 bits per heavy atom. The third-order valence-corrected chi connectivity index (χ3v) is 3.19. The number of hydrogen-bond acceptors (Lipinski definition) is 2. The van der Waals surface area contributed by atoms with E-state index < -0.39 is 5.41 Å². The topological polar surface area (TPSA) is 44.1 Å². The number of fused-ring (bicyclic) bond motifs is 1. The normalized spacial score (nSPS) is 17.1. The fourth-order valence-electron chi connectivity index (χ4n) is 2.22. The highest BCUT2D eigenvalue weighted by atomic mass is 16.2. The number of hydrogen-bond donors (Lipinski definition) is 0. The monoisotopic (exact) mass is 214 g/mol. The van der Waals surface area contributed by atoms with E-state index in [4.69, 9.17) is 5.26 Å². The standard InChI is InChI=1S/C13H14N2O/c1-4-15-11-6-5-9(8-14)7-10(11)13(2,3)12(15)16/h5-7H,4H2,1-3H3.